The number of ketones is 1. The minimum absolute atomic E-state index is 0.0244. The molecule has 3 heteroatoms. The van der Waals surface area contributed by atoms with E-state index in [-0.39, 0.29) is 11.7 Å². The number of rotatable bonds is 7. The predicted octanol–water partition coefficient (Wildman–Crippen LogP) is 8.44. The Hall–Kier alpha value is -3.72. The average molecular weight is 498 g/mol. The number of carbonyl (C=O) groups is 2. The molecule has 0 aromatic heterocycles. The van der Waals surface area contributed by atoms with Crippen LogP contribution in [-0.2, 0) is 11.2 Å². The lowest BCUT2D eigenvalue weighted by atomic mass is 9.94. The number of benzene rings is 2. The maximum atomic E-state index is 12.6. The van der Waals surface area contributed by atoms with Gasteiger partial charge in [0, 0.05) is 23.2 Å². The Morgan fingerprint density at radius 1 is 1.03 bits per heavy atom. The fraction of sp³-hybridized carbons (Fsp3) is 0.294. The van der Waals surface area contributed by atoms with E-state index < -0.39 is 0 Å². The summed E-state index contributed by atoms with van der Waals surface area (Å²) in [7, 11) is 0. The average Bonchev–Trinajstić information content (AvgIpc) is 2.92. The van der Waals surface area contributed by atoms with Gasteiger partial charge in [-0.05, 0) is 75.0 Å². The number of nitrogens with one attached hydrogen (secondary N) is 1. The molecule has 1 N–H and O–H groups in total. The fourth-order valence-electron chi connectivity index (χ4n) is 3.76. The van der Waals surface area contributed by atoms with Gasteiger partial charge in [0.05, 0.1) is 0 Å². The molecule has 0 atom stereocenters. The van der Waals surface area contributed by atoms with Crippen molar-refractivity contribution < 1.29 is 9.59 Å². The summed E-state index contributed by atoms with van der Waals surface area (Å²) in [5.41, 5.74) is 8.40. The molecule has 0 unspecified atom stereocenters. The SMILES string of the molecule is C=C(/C=C\C)/C(C)=C/C1=C(C)CCNC1=O.C=C(C)c1ccccc1C(=O)c1cccc(CC)c1.CC. The molecule has 0 radical (unpaired) electrons. The lowest BCUT2D eigenvalue weighted by molar-refractivity contribution is -0.117. The smallest absolute Gasteiger partial charge is 0.251 e. The van der Waals surface area contributed by atoms with E-state index in [1.54, 1.807) is 0 Å². The third-order valence-electron chi connectivity index (χ3n) is 5.95. The van der Waals surface area contributed by atoms with Crippen molar-refractivity contribution in [1.82, 2.24) is 5.32 Å². The molecular formula is C34H43NO2. The summed E-state index contributed by atoms with van der Waals surface area (Å²) in [4.78, 5) is 24.3. The first-order valence-corrected chi connectivity index (χ1v) is 13.1. The molecule has 0 saturated carbocycles. The first-order chi connectivity index (χ1) is 17.7. The fourth-order valence-corrected chi connectivity index (χ4v) is 3.76. The first kappa shape index (κ1) is 31.3. The first-order valence-electron chi connectivity index (χ1n) is 13.1. The largest absolute Gasteiger partial charge is 0.352 e. The zero-order valence-electron chi connectivity index (χ0n) is 23.7. The second kappa shape index (κ2) is 16.1. The van der Waals surface area contributed by atoms with E-state index in [1.165, 1.54) is 5.56 Å². The van der Waals surface area contributed by atoms with Crippen molar-refractivity contribution in [3.63, 3.8) is 0 Å². The lowest BCUT2D eigenvalue weighted by Crippen LogP contribution is -2.30. The molecule has 196 valence electrons. The van der Waals surface area contributed by atoms with Crippen LogP contribution in [0, 0.1) is 0 Å². The molecule has 3 rings (SSSR count). The second-order valence-corrected chi connectivity index (χ2v) is 8.76. The normalized spacial score (nSPS) is 13.2. The number of allylic oxidation sites excluding steroid dienone is 5. The maximum absolute atomic E-state index is 12.6. The zero-order valence-corrected chi connectivity index (χ0v) is 23.7. The Morgan fingerprint density at radius 3 is 2.24 bits per heavy atom. The van der Waals surface area contributed by atoms with Crippen LogP contribution in [-0.4, -0.2) is 18.2 Å². The molecule has 0 fully saturated rings. The van der Waals surface area contributed by atoms with Crippen LogP contribution in [0.3, 0.4) is 0 Å². The van der Waals surface area contributed by atoms with Crippen LogP contribution in [0.15, 0.2) is 102 Å². The highest BCUT2D eigenvalue weighted by atomic mass is 16.1. The summed E-state index contributed by atoms with van der Waals surface area (Å²) in [5.74, 6) is 0.0882. The van der Waals surface area contributed by atoms with Crippen molar-refractivity contribution in [2.75, 3.05) is 6.54 Å². The molecule has 1 aliphatic heterocycles. The lowest BCUT2D eigenvalue weighted by Gasteiger charge is -2.16. The van der Waals surface area contributed by atoms with E-state index in [9.17, 15) is 9.59 Å². The molecule has 1 aliphatic rings. The number of amides is 1. The molecule has 1 heterocycles. The van der Waals surface area contributed by atoms with Crippen LogP contribution < -0.4 is 5.32 Å². The van der Waals surface area contributed by atoms with Crippen LogP contribution in [0.4, 0.5) is 0 Å². The van der Waals surface area contributed by atoms with E-state index in [2.05, 4.69) is 25.4 Å². The predicted molar refractivity (Wildman–Crippen MR) is 160 cm³/mol. The Bertz CT molecular complexity index is 1210. The van der Waals surface area contributed by atoms with E-state index in [1.807, 2.05) is 108 Å². The van der Waals surface area contributed by atoms with Crippen LogP contribution >= 0.6 is 0 Å². The second-order valence-electron chi connectivity index (χ2n) is 8.76. The van der Waals surface area contributed by atoms with Gasteiger partial charge in [-0.15, -0.1) is 0 Å². The summed E-state index contributed by atoms with van der Waals surface area (Å²) in [6, 6.07) is 15.5. The van der Waals surface area contributed by atoms with Crippen molar-refractivity contribution >= 4 is 17.3 Å². The third kappa shape index (κ3) is 9.34. The van der Waals surface area contributed by atoms with Gasteiger partial charge in [0.2, 0.25) is 0 Å². The number of carbonyl (C=O) groups excluding carboxylic acids is 2. The highest BCUT2D eigenvalue weighted by molar-refractivity contribution is 6.11. The van der Waals surface area contributed by atoms with E-state index in [0.717, 1.165) is 63.9 Å². The number of hydrogen-bond donors (Lipinski definition) is 1. The Labute approximate surface area is 224 Å². The molecule has 0 bridgehead atoms. The summed E-state index contributed by atoms with van der Waals surface area (Å²) < 4.78 is 0. The standard InChI is InChI=1S/C18H18O.C14H19NO.C2H6/c1-4-14-8-7-9-15(12-14)18(19)17-11-6-5-10-16(17)13(2)3;1-5-6-10(2)12(4)9-13-11(3)7-8-15-14(13)16;1-2/h5-12H,2,4H2,1,3H3;5-6,9H,2,7-8H2,1,3-4H3,(H,15,16);1-2H3/b;6-5-,12-9+;. The van der Waals surface area contributed by atoms with Gasteiger partial charge >= 0.3 is 0 Å². The minimum Gasteiger partial charge on any atom is -0.352 e. The molecular weight excluding hydrogens is 454 g/mol. The third-order valence-corrected chi connectivity index (χ3v) is 5.95. The summed E-state index contributed by atoms with van der Waals surface area (Å²) in [6.45, 7) is 22.6. The van der Waals surface area contributed by atoms with Gasteiger partial charge in [-0.2, -0.15) is 0 Å². The Morgan fingerprint density at radius 2 is 1.68 bits per heavy atom. The van der Waals surface area contributed by atoms with Crippen molar-refractivity contribution in [3.05, 3.63) is 124 Å². The van der Waals surface area contributed by atoms with Crippen LogP contribution in [0.25, 0.3) is 5.57 Å². The summed E-state index contributed by atoms with van der Waals surface area (Å²) in [6.07, 6.45) is 7.68. The van der Waals surface area contributed by atoms with E-state index >= 15 is 0 Å². The molecule has 0 saturated heterocycles. The molecule has 2 aromatic carbocycles. The minimum atomic E-state index is 0.0244. The van der Waals surface area contributed by atoms with Crippen molar-refractivity contribution in [2.24, 2.45) is 0 Å². The van der Waals surface area contributed by atoms with Crippen LogP contribution in [0.1, 0.15) is 81.9 Å². The van der Waals surface area contributed by atoms with Crippen molar-refractivity contribution in [3.8, 4) is 0 Å². The van der Waals surface area contributed by atoms with Crippen molar-refractivity contribution in [1.29, 1.82) is 0 Å². The summed E-state index contributed by atoms with van der Waals surface area (Å²) in [5, 5.41) is 2.85. The zero-order chi connectivity index (χ0) is 28.0. The van der Waals surface area contributed by atoms with E-state index in [0.29, 0.717) is 0 Å². The molecule has 37 heavy (non-hydrogen) atoms. The van der Waals surface area contributed by atoms with Gasteiger partial charge in [0.25, 0.3) is 5.91 Å². The van der Waals surface area contributed by atoms with Gasteiger partial charge in [-0.25, -0.2) is 0 Å². The monoisotopic (exact) mass is 497 g/mol. The maximum Gasteiger partial charge on any atom is 0.251 e. The van der Waals surface area contributed by atoms with Crippen molar-refractivity contribution in [2.45, 2.75) is 61.3 Å². The van der Waals surface area contributed by atoms with Gasteiger partial charge in [0.1, 0.15) is 0 Å². The van der Waals surface area contributed by atoms with Gasteiger partial charge in [-0.1, -0.05) is 99.7 Å². The van der Waals surface area contributed by atoms with Crippen LogP contribution in [0.5, 0.6) is 0 Å². The molecule has 1 amide bonds. The quantitative estimate of drug-likeness (QED) is 0.308. The topological polar surface area (TPSA) is 46.2 Å². The number of aryl methyl sites for hydroxylation is 1. The van der Waals surface area contributed by atoms with Gasteiger partial charge < -0.3 is 5.32 Å². The van der Waals surface area contributed by atoms with Gasteiger partial charge in [-0.3, -0.25) is 9.59 Å². The molecule has 0 spiro atoms. The van der Waals surface area contributed by atoms with Crippen LogP contribution in [0.2, 0.25) is 0 Å². The Kier molecular flexibility index (Phi) is 13.6. The molecule has 3 nitrogen and oxygen atoms in total. The van der Waals surface area contributed by atoms with Gasteiger partial charge in [0.15, 0.2) is 5.78 Å². The molecule has 0 aliphatic carbocycles. The highest BCUT2D eigenvalue weighted by Crippen LogP contribution is 2.21. The molecule has 2 aromatic rings. The highest BCUT2D eigenvalue weighted by Gasteiger charge is 2.15. The Balaban J connectivity index is 0.000000352. The number of hydrogen-bond acceptors (Lipinski definition) is 2. The van der Waals surface area contributed by atoms with E-state index in [4.69, 9.17) is 0 Å². The summed E-state index contributed by atoms with van der Waals surface area (Å²) >= 11 is 0.